The molecular weight excluding hydrogens is 404 g/mol. The maximum atomic E-state index is 13.5. The molecule has 1 fully saturated rings. The third-order valence-electron chi connectivity index (χ3n) is 5.33. The van der Waals surface area contributed by atoms with Crippen LogP contribution in [-0.4, -0.2) is 70.7 Å². The maximum absolute atomic E-state index is 13.5. The van der Waals surface area contributed by atoms with Gasteiger partial charge in [-0.3, -0.25) is 14.5 Å². The second kappa shape index (κ2) is 8.93. The highest BCUT2D eigenvalue weighted by atomic mass is 32.2. The molecule has 2 aliphatic rings. The largest absolute Gasteiger partial charge is 0.353 e. The minimum atomic E-state index is 0.0547. The molecule has 2 aliphatic heterocycles. The number of hydrogen-bond acceptors (Lipinski definition) is 5. The van der Waals surface area contributed by atoms with Crippen molar-refractivity contribution in [1.82, 2.24) is 19.7 Å². The molecule has 156 valence electrons. The molecule has 0 spiro atoms. The van der Waals surface area contributed by atoms with E-state index in [1.165, 1.54) is 10.4 Å². The normalized spacial score (nSPS) is 17.4. The Morgan fingerprint density at radius 1 is 1.14 bits per heavy atom. The first kappa shape index (κ1) is 20.5. The number of nitrogens with zero attached hydrogens (tertiary/aromatic N) is 3. The van der Waals surface area contributed by atoms with E-state index < -0.39 is 0 Å². The fourth-order valence-corrected chi connectivity index (χ4v) is 6.37. The standard InChI is InChI=1S/C21H28N4O2S2/c1-15(2)22-18(26)13-23-8-10-24(11-9-23)20(27)19-16-5-12-28-14-17(16)29-21(19)25-6-3-4-7-25/h3-4,6-7,15H,5,8-14H2,1-2H3,(H,22,26). The van der Waals surface area contributed by atoms with Crippen LogP contribution in [0, 0.1) is 0 Å². The van der Waals surface area contributed by atoms with Crippen LogP contribution in [0.15, 0.2) is 24.5 Å². The summed E-state index contributed by atoms with van der Waals surface area (Å²) in [6.07, 6.45) is 5.01. The quantitative estimate of drug-likeness (QED) is 0.789. The van der Waals surface area contributed by atoms with Gasteiger partial charge in [0.25, 0.3) is 5.91 Å². The molecule has 0 aromatic carbocycles. The molecule has 29 heavy (non-hydrogen) atoms. The van der Waals surface area contributed by atoms with Crippen LogP contribution in [0.4, 0.5) is 0 Å². The van der Waals surface area contributed by atoms with Crippen molar-refractivity contribution < 1.29 is 9.59 Å². The predicted octanol–water partition coefficient (Wildman–Crippen LogP) is 2.61. The Hall–Kier alpha value is -1.77. The molecule has 1 saturated heterocycles. The van der Waals surface area contributed by atoms with Gasteiger partial charge in [-0.1, -0.05) is 0 Å². The average molecular weight is 433 g/mol. The number of thioether (sulfide) groups is 1. The zero-order valence-electron chi connectivity index (χ0n) is 17.0. The second-order valence-corrected chi connectivity index (χ2v) is 10.1. The van der Waals surface area contributed by atoms with Gasteiger partial charge in [-0.2, -0.15) is 11.8 Å². The van der Waals surface area contributed by atoms with E-state index in [0.29, 0.717) is 19.6 Å². The smallest absolute Gasteiger partial charge is 0.257 e. The zero-order valence-corrected chi connectivity index (χ0v) is 18.7. The van der Waals surface area contributed by atoms with E-state index in [9.17, 15) is 9.59 Å². The first-order valence-electron chi connectivity index (χ1n) is 10.2. The molecule has 1 N–H and O–H groups in total. The molecule has 0 unspecified atom stereocenters. The molecule has 4 rings (SSSR count). The number of thiophene rings is 1. The fourth-order valence-electron chi connectivity index (χ4n) is 3.93. The Labute approximate surface area is 180 Å². The van der Waals surface area contributed by atoms with Crippen LogP contribution in [0.1, 0.15) is 34.6 Å². The van der Waals surface area contributed by atoms with Crippen molar-refractivity contribution in [2.24, 2.45) is 0 Å². The van der Waals surface area contributed by atoms with Gasteiger partial charge in [-0.15, -0.1) is 11.3 Å². The highest BCUT2D eigenvalue weighted by molar-refractivity contribution is 7.98. The van der Waals surface area contributed by atoms with Crippen molar-refractivity contribution in [1.29, 1.82) is 0 Å². The van der Waals surface area contributed by atoms with Crippen LogP contribution in [-0.2, 0) is 17.0 Å². The SMILES string of the molecule is CC(C)NC(=O)CN1CCN(C(=O)c2c(-n3cccc3)sc3c2CCSC3)CC1. The highest BCUT2D eigenvalue weighted by Crippen LogP contribution is 2.39. The van der Waals surface area contributed by atoms with Gasteiger partial charge in [0.15, 0.2) is 0 Å². The minimum absolute atomic E-state index is 0.0547. The Morgan fingerprint density at radius 3 is 2.55 bits per heavy atom. The van der Waals surface area contributed by atoms with Crippen LogP contribution in [0.25, 0.3) is 5.00 Å². The molecule has 4 heterocycles. The monoisotopic (exact) mass is 432 g/mol. The summed E-state index contributed by atoms with van der Waals surface area (Å²) in [6.45, 7) is 7.14. The van der Waals surface area contributed by atoms with Crippen LogP contribution >= 0.6 is 23.1 Å². The third-order valence-corrected chi connectivity index (χ3v) is 7.74. The van der Waals surface area contributed by atoms with Crippen LogP contribution in [0.3, 0.4) is 0 Å². The van der Waals surface area contributed by atoms with Crippen molar-refractivity contribution in [2.75, 3.05) is 38.5 Å². The summed E-state index contributed by atoms with van der Waals surface area (Å²) >= 11 is 3.70. The Bertz CT molecular complexity index is 868. The summed E-state index contributed by atoms with van der Waals surface area (Å²) < 4.78 is 2.08. The number of nitrogens with one attached hydrogen (secondary N) is 1. The van der Waals surface area contributed by atoms with E-state index in [1.807, 2.05) is 55.0 Å². The van der Waals surface area contributed by atoms with Crippen molar-refractivity contribution in [2.45, 2.75) is 32.1 Å². The predicted molar refractivity (Wildman–Crippen MR) is 119 cm³/mol. The number of carbonyl (C=O) groups excluding carboxylic acids is 2. The third kappa shape index (κ3) is 4.54. The van der Waals surface area contributed by atoms with Gasteiger partial charge in [0.1, 0.15) is 5.00 Å². The molecule has 0 saturated carbocycles. The average Bonchev–Trinajstić information content (AvgIpc) is 3.35. The summed E-state index contributed by atoms with van der Waals surface area (Å²) in [6, 6.07) is 4.16. The molecular formula is C21H28N4O2S2. The van der Waals surface area contributed by atoms with Gasteiger partial charge in [0.2, 0.25) is 5.91 Å². The van der Waals surface area contributed by atoms with Gasteiger partial charge in [0, 0.05) is 55.2 Å². The van der Waals surface area contributed by atoms with Gasteiger partial charge in [-0.25, -0.2) is 0 Å². The van der Waals surface area contributed by atoms with E-state index in [4.69, 9.17) is 0 Å². The highest BCUT2D eigenvalue weighted by Gasteiger charge is 2.31. The lowest BCUT2D eigenvalue weighted by atomic mass is 10.1. The number of carbonyl (C=O) groups is 2. The number of amides is 2. The Balaban J connectivity index is 1.48. The number of rotatable bonds is 5. The van der Waals surface area contributed by atoms with Gasteiger partial charge < -0.3 is 14.8 Å². The minimum Gasteiger partial charge on any atom is -0.353 e. The Kier molecular flexibility index (Phi) is 6.32. The van der Waals surface area contributed by atoms with E-state index in [2.05, 4.69) is 14.8 Å². The van der Waals surface area contributed by atoms with Crippen molar-refractivity contribution in [3.8, 4) is 5.00 Å². The summed E-state index contributed by atoms with van der Waals surface area (Å²) in [7, 11) is 0. The molecule has 2 amide bonds. The number of hydrogen-bond donors (Lipinski definition) is 1. The van der Waals surface area contributed by atoms with Crippen LogP contribution < -0.4 is 5.32 Å². The first-order chi connectivity index (χ1) is 14.0. The van der Waals surface area contributed by atoms with Crippen LogP contribution in [0.5, 0.6) is 0 Å². The Morgan fingerprint density at radius 2 is 1.86 bits per heavy atom. The second-order valence-electron chi connectivity index (χ2n) is 7.87. The molecule has 0 radical (unpaired) electrons. The summed E-state index contributed by atoms with van der Waals surface area (Å²) in [4.78, 5) is 31.0. The van der Waals surface area contributed by atoms with Crippen molar-refractivity contribution in [3.63, 3.8) is 0 Å². The van der Waals surface area contributed by atoms with Gasteiger partial charge >= 0.3 is 0 Å². The molecule has 0 bridgehead atoms. The van der Waals surface area contributed by atoms with Crippen LogP contribution in [0.2, 0.25) is 0 Å². The summed E-state index contributed by atoms with van der Waals surface area (Å²) in [5, 5.41) is 3.99. The lowest BCUT2D eigenvalue weighted by molar-refractivity contribution is -0.123. The fraction of sp³-hybridized carbons (Fsp3) is 0.524. The van der Waals surface area contributed by atoms with Crippen molar-refractivity contribution in [3.05, 3.63) is 40.5 Å². The number of aromatic nitrogens is 1. The lowest BCUT2D eigenvalue weighted by Gasteiger charge is -2.34. The molecule has 8 heteroatoms. The van der Waals surface area contributed by atoms with Crippen molar-refractivity contribution >= 4 is 34.9 Å². The molecule has 0 aliphatic carbocycles. The van der Waals surface area contributed by atoms with Gasteiger partial charge in [-0.05, 0) is 43.7 Å². The van der Waals surface area contributed by atoms with E-state index in [0.717, 1.165) is 41.6 Å². The summed E-state index contributed by atoms with van der Waals surface area (Å²) in [5.74, 6) is 2.28. The maximum Gasteiger partial charge on any atom is 0.257 e. The molecule has 2 aromatic rings. The van der Waals surface area contributed by atoms with Gasteiger partial charge in [0.05, 0.1) is 12.1 Å². The summed E-state index contributed by atoms with van der Waals surface area (Å²) in [5.41, 5.74) is 2.15. The number of piperazine rings is 1. The van der Waals surface area contributed by atoms with E-state index in [1.54, 1.807) is 11.3 Å². The molecule has 6 nitrogen and oxygen atoms in total. The van der Waals surface area contributed by atoms with E-state index >= 15 is 0 Å². The first-order valence-corrected chi connectivity index (χ1v) is 12.2. The molecule has 0 atom stereocenters. The zero-order chi connectivity index (χ0) is 20.4. The lowest BCUT2D eigenvalue weighted by Crippen LogP contribution is -2.51. The number of fused-ring (bicyclic) bond motifs is 1. The topological polar surface area (TPSA) is 57.6 Å². The molecule has 2 aromatic heterocycles. The van der Waals surface area contributed by atoms with E-state index in [-0.39, 0.29) is 17.9 Å².